The molecule has 1 saturated carbocycles. The van der Waals surface area contributed by atoms with Crippen LogP contribution in [-0.4, -0.2) is 20.9 Å². The van der Waals surface area contributed by atoms with Crippen LogP contribution in [-0.2, 0) is 0 Å². The molecule has 1 aromatic rings. The molecule has 1 N–H and O–H groups in total. The van der Waals surface area contributed by atoms with E-state index in [0.717, 1.165) is 23.0 Å². The second kappa shape index (κ2) is 4.80. The van der Waals surface area contributed by atoms with Crippen molar-refractivity contribution in [1.82, 2.24) is 9.78 Å². The largest absolute Gasteiger partial charge is 0.476 e. The Morgan fingerprint density at radius 3 is 2.47 bits per heavy atom. The lowest BCUT2D eigenvalue weighted by Crippen LogP contribution is -2.08. The number of hydrogen-bond acceptors (Lipinski definition) is 2. The van der Waals surface area contributed by atoms with Crippen LogP contribution in [0.15, 0.2) is 4.60 Å². The molecule has 1 aliphatic rings. The standard InChI is InChI=1S/C12H17BrN2O2/c1-7(2)9-10(12(16)17)14-15(11(9)13)8-5-3-4-6-8/h7-8H,3-6H2,1-2H3,(H,16,17). The van der Waals surface area contributed by atoms with Crippen LogP contribution in [0.4, 0.5) is 0 Å². The van der Waals surface area contributed by atoms with Crippen molar-refractivity contribution in [1.29, 1.82) is 0 Å². The molecule has 0 aliphatic heterocycles. The third-order valence-corrected chi connectivity index (χ3v) is 4.13. The van der Waals surface area contributed by atoms with E-state index in [9.17, 15) is 9.90 Å². The maximum absolute atomic E-state index is 11.2. The minimum atomic E-state index is -0.939. The highest BCUT2D eigenvalue weighted by Gasteiger charge is 2.27. The van der Waals surface area contributed by atoms with Gasteiger partial charge in [0.15, 0.2) is 5.69 Å². The van der Waals surface area contributed by atoms with Crippen molar-refractivity contribution in [3.05, 3.63) is 15.9 Å². The first-order chi connectivity index (χ1) is 8.02. The van der Waals surface area contributed by atoms with Crippen molar-refractivity contribution in [2.75, 3.05) is 0 Å². The van der Waals surface area contributed by atoms with Crippen molar-refractivity contribution in [2.45, 2.75) is 51.5 Å². The molecular formula is C12H17BrN2O2. The van der Waals surface area contributed by atoms with E-state index in [1.54, 1.807) is 0 Å². The second-order valence-corrected chi connectivity index (χ2v) is 5.65. The summed E-state index contributed by atoms with van der Waals surface area (Å²) in [4.78, 5) is 11.2. The monoisotopic (exact) mass is 300 g/mol. The van der Waals surface area contributed by atoms with E-state index in [-0.39, 0.29) is 11.6 Å². The van der Waals surface area contributed by atoms with Crippen LogP contribution in [0.2, 0.25) is 0 Å². The number of carbonyl (C=O) groups is 1. The zero-order valence-electron chi connectivity index (χ0n) is 10.1. The molecule has 4 nitrogen and oxygen atoms in total. The molecule has 1 fully saturated rings. The highest BCUT2D eigenvalue weighted by atomic mass is 79.9. The van der Waals surface area contributed by atoms with Gasteiger partial charge in [0.2, 0.25) is 0 Å². The quantitative estimate of drug-likeness (QED) is 0.928. The third kappa shape index (κ3) is 2.25. The Balaban J connectivity index is 2.47. The normalized spacial score (nSPS) is 16.9. The summed E-state index contributed by atoms with van der Waals surface area (Å²) in [7, 11) is 0. The molecule has 1 aliphatic carbocycles. The number of nitrogens with zero attached hydrogens (tertiary/aromatic N) is 2. The van der Waals surface area contributed by atoms with Gasteiger partial charge in [-0.05, 0) is 34.7 Å². The van der Waals surface area contributed by atoms with Crippen molar-refractivity contribution < 1.29 is 9.90 Å². The Morgan fingerprint density at radius 2 is 2.06 bits per heavy atom. The number of hydrogen-bond donors (Lipinski definition) is 1. The van der Waals surface area contributed by atoms with Gasteiger partial charge in [-0.2, -0.15) is 5.10 Å². The molecule has 1 heterocycles. The first-order valence-corrected chi connectivity index (χ1v) is 6.82. The fraction of sp³-hybridized carbons (Fsp3) is 0.667. The first kappa shape index (κ1) is 12.6. The van der Waals surface area contributed by atoms with Crippen LogP contribution in [0, 0.1) is 0 Å². The van der Waals surface area contributed by atoms with Gasteiger partial charge in [0.05, 0.1) is 6.04 Å². The van der Waals surface area contributed by atoms with E-state index in [1.807, 2.05) is 18.5 Å². The molecule has 0 amide bonds. The fourth-order valence-corrected chi connectivity index (χ4v) is 3.50. The van der Waals surface area contributed by atoms with Crippen molar-refractivity contribution >= 4 is 21.9 Å². The summed E-state index contributed by atoms with van der Waals surface area (Å²) in [5, 5.41) is 13.5. The average Bonchev–Trinajstić information content (AvgIpc) is 2.83. The molecular weight excluding hydrogens is 284 g/mol. The summed E-state index contributed by atoms with van der Waals surface area (Å²) in [5.74, 6) is -0.781. The van der Waals surface area contributed by atoms with Crippen molar-refractivity contribution in [3.8, 4) is 0 Å². The Morgan fingerprint density at radius 1 is 1.47 bits per heavy atom. The predicted molar refractivity (Wildman–Crippen MR) is 68.5 cm³/mol. The molecule has 0 atom stereocenters. The molecule has 0 aromatic carbocycles. The Hall–Kier alpha value is -0.840. The van der Waals surface area contributed by atoms with Gasteiger partial charge in [0, 0.05) is 5.56 Å². The lowest BCUT2D eigenvalue weighted by Gasteiger charge is -2.11. The summed E-state index contributed by atoms with van der Waals surface area (Å²) in [6.07, 6.45) is 4.60. The highest BCUT2D eigenvalue weighted by molar-refractivity contribution is 9.10. The molecule has 94 valence electrons. The topological polar surface area (TPSA) is 55.1 Å². The Bertz CT molecular complexity index is 434. The minimum absolute atomic E-state index is 0.158. The van der Waals surface area contributed by atoms with Crippen LogP contribution in [0.3, 0.4) is 0 Å². The SMILES string of the molecule is CC(C)c1c(C(=O)O)nn(C2CCCC2)c1Br. The maximum Gasteiger partial charge on any atom is 0.356 e. The molecule has 2 rings (SSSR count). The molecule has 0 spiro atoms. The van der Waals surface area contributed by atoms with E-state index < -0.39 is 5.97 Å². The highest BCUT2D eigenvalue weighted by Crippen LogP contribution is 2.36. The molecule has 5 heteroatoms. The van der Waals surface area contributed by atoms with Gasteiger partial charge in [-0.1, -0.05) is 26.7 Å². The number of aromatic carboxylic acids is 1. The fourth-order valence-electron chi connectivity index (χ4n) is 2.49. The van der Waals surface area contributed by atoms with Crippen LogP contribution < -0.4 is 0 Å². The van der Waals surface area contributed by atoms with Crippen molar-refractivity contribution in [2.24, 2.45) is 0 Å². The van der Waals surface area contributed by atoms with E-state index in [0.29, 0.717) is 6.04 Å². The minimum Gasteiger partial charge on any atom is -0.476 e. The van der Waals surface area contributed by atoms with Gasteiger partial charge in [-0.25, -0.2) is 4.79 Å². The van der Waals surface area contributed by atoms with E-state index in [2.05, 4.69) is 21.0 Å². The van der Waals surface area contributed by atoms with E-state index in [4.69, 9.17) is 0 Å². The average molecular weight is 301 g/mol. The predicted octanol–water partition coefficient (Wildman–Crippen LogP) is 3.58. The van der Waals surface area contributed by atoms with Crippen LogP contribution in [0.1, 0.15) is 67.5 Å². The number of rotatable bonds is 3. The zero-order valence-corrected chi connectivity index (χ0v) is 11.7. The van der Waals surface area contributed by atoms with Gasteiger partial charge in [-0.3, -0.25) is 4.68 Å². The molecule has 0 unspecified atom stereocenters. The van der Waals surface area contributed by atoms with Gasteiger partial charge in [-0.15, -0.1) is 0 Å². The maximum atomic E-state index is 11.2. The molecule has 1 aromatic heterocycles. The zero-order chi connectivity index (χ0) is 12.6. The smallest absolute Gasteiger partial charge is 0.356 e. The summed E-state index contributed by atoms with van der Waals surface area (Å²) < 4.78 is 2.71. The molecule has 17 heavy (non-hydrogen) atoms. The van der Waals surface area contributed by atoms with Crippen LogP contribution >= 0.6 is 15.9 Å². The number of halogens is 1. The summed E-state index contributed by atoms with van der Waals surface area (Å²) in [5.41, 5.74) is 1.00. The van der Waals surface area contributed by atoms with Gasteiger partial charge >= 0.3 is 5.97 Å². The van der Waals surface area contributed by atoms with E-state index >= 15 is 0 Å². The Kier molecular flexibility index (Phi) is 3.56. The molecule has 0 radical (unpaired) electrons. The van der Waals surface area contributed by atoms with E-state index in [1.165, 1.54) is 12.8 Å². The van der Waals surface area contributed by atoms with Gasteiger partial charge < -0.3 is 5.11 Å². The van der Waals surface area contributed by atoms with Gasteiger partial charge in [0.25, 0.3) is 0 Å². The summed E-state index contributed by atoms with van der Waals surface area (Å²) in [6.45, 7) is 3.99. The number of carboxylic acid groups (broad SMARTS) is 1. The Labute approximate surface area is 109 Å². The lowest BCUT2D eigenvalue weighted by molar-refractivity contribution is 0.0687. The molecule has 0 saturated heterocycles. The number of aromatic nitrogens is 2. The lowest BCUT2D eigenvalue weighted by atomic mass is 10.0. The second-order valence-electron chi connectivity index (χ2n) is 4.90. The third-order valence-electron chi connectivity index (χ3n) is 3.34. The molecule has 0 bridgehead atoms. The first-order valence-electron chi connectivity index (χ1n) is 6.03. The van der Waals surface area contributed by atoms with Gasteiger partial charge in [0.1, 0.15) is 4.60 Å². The number of carboxylic acids is 1. The summed E-state index contributed by atoms with van der Waals surface area (Å²) in [6, 6.07) is 0.356. The summed E-state index contributed by atoms with van der Waals surface area (Å²) >= 11 is 3.52. The van der Waals surface area contributed by atoms with Crippen LogP contribution in [0.5, 0.6) is 0 Å². The van der Waals surface area contributed by atoms with Crippen LogP contribution in [0.25, 0.3) is 0 Å². The van der Waals surface area contributed by atoms with Crippen molar-refractivity contribution in [3.63, 3.8) is 0 Å².